The van der Waals surface area contributed by atoms with Gasteiger partial charge < -0.3 is 0 Å². The molecule has 0 amide bonds. The number of hydrogen-bond donors (Lipinski definition) is 0. The van der Waals surface area contributed by atoms with Gasteiger partial charge in [0.2, 0.25) is 0 Å². The van der Waals surface area contributed by atoms with Crippen LogP contribution in [0.3, 0.4) is 0 Å². The highest BCUT2D eigenvalue weighted by molar-refractivity contribution is 4.61. The van der Waals surface area contributed by atoms with Crippen LogP contribution in [0.1, 0.15) is 33.6 Å². The molecule has 0 spiro atoms. The molecule has 0 aromatic carbocycles. The number of rotatable bonds is 3. The quantitative estimate of drug-likeness (QED) is 0.494. The third-order valence-corrected chi connectivity index (χ3v) is 1.84. The second-order valence-corrected chi connectivity index (χ2v) is 2.70. The summed E-state index contributed by atoms with van der Waals surface area (Å²) in [6.07, 6.45) is 2.37. The molecule has 0 aromatic rings. The first-order valence-corrected chi connectivity index (χ1v) is 3.51. The highest BCUT2D eigenvalue weighted by Crippen LogP contribution is 2.17. The predicted octanol–water partition coefficient (Wildman–Crippen LogP) is 2.89. The van der Waals surface area contributed by atoms with E-state index < -0.39 is 0 Å². The van der Waals surface area contributed by atoms with Crippen molar-refractivity contribution in [3.63, 3.8) is 0 Å². The van der Waals surface area contributed by atoms with Crippen molar-refractivity contribution in [3.05, 3.63) is 6.92 Å². The monoisotopic (exact) mass is 113 g/mol. The van der Waals surface area contributed by atoms with E-state index >= 15 is 0 Å². The van der Waals surface area contributed by atoms with Crippen LogP contribution in [-0.2, 0) is 0 Å². The summed E-state index contributed by atoms with van der Waals surface area (Å²) in [5.41, 5.74) is 0. The summed E-state index contributed by atoms with van der Waals surface area (Å²) in [5.74, 6) is 1.66. The van der Waals surface area contributed by atoms with E-state index in [1.807, 2.05) is 0 Å². The standard InChI is InChI=1S/C8H17/c1-5-8(6-2)7(3)4/h7-8H,1,5-6H2,2-4H3/q+1. The van der Waals surface area contributed by atoms with Gasteiger partial charge in [0.05, 0.1) is 13.3 Å². The average molecular weight is 113 g/mol. The van der Waals surface area contributed by atoms with E-state index in [4.69, 9.17) is 0 Å². The van der Waals surface area contributed by atoms with Crippen LogP contribution >= 0.6 is 0 Å². The molecule has 0 aliphatic rings. The highest BCUT2D eigenvalue weighted by Gasteiger charge is 2.09. The third-order valence-electron chi connectivity index (χ3n) is 1.84. The molecule has 0 aliphatic carbocycles. The minimum atomic E-state index is 0.817. The molecule has 0 saturated heterocycles. The Morgan fingerprint density at radius 3 is 1.88 bits per heavy atom. The van der Waals surface area contributed by atoms with Gasteiger partial charge in [0.15, 0.2) is 0 Å². The van der Waals surface area contributed by atoms with E-state index in [9.17, 15) is 0 Å². The van der Waals surface area contributed by atoms with E-state index in [1.54, 1.807) is 0 Å². The third kappa shape index (κ3) is 2.25. The summed E-state index contributed by atoms with van der Waals surface area (Å²) < 4.78 is 0. The zero-order valence-corrected chi connectivity index (χ0v) is 6.28. The molecule has 0 heterocycles. The maximum absolute atomic E-state index is 3.88. The van der Waals surface area contributed by atoms with Crippen molar-refractivity contribution in [2.75, 3.05) is 0 Å². The first-order chi connectivity index (χ1) is 3.72. The Hall–Kier alpha value is -0.130. The highest BCUT2D eigenvalue weighted by atomic mass is 14.1. The van der Waals surface area contributed by atoms with Crippen LogP contribution in [0, 0.1) is 18.8 Å². The van der Waals surface area contributed by atoms with Gasteiger partial charge in [-0.3, -0.25) is 0 Å². The van der Waals surface area contributed by atoms with Gasteiger partial charge in [-0.15, -0.1) is 0 Å². The molecule has 8 heavy (non-hydrogen) atoms. The van der Waals surface area contributed by atoms with Crippen LogP contribution in [0.4, 0.5) is 0 Å². The van der Waals surface area contributed by atoms with E-state index in [0.717, 1.165) is 18.3 Å². The van der Waals surface area contributed by atoms with Gasteiger partial charge in [-0.05, 0) is 12.3 Å². The average Bonchev–Trinajstić information content (AvgIpc) is 1.69. The van der Waals surface area contributed by atoms with Crippen LogP contribution < -0.4 is 0 Å². The zero-order valence-electron chi connectivity index (χ0n) is 6.28. The maximum atomic E-state index is 3.88. The minimum Gasteiger partial charge on any atom is -0.0649 e. The van der Waals surface area contributed by atoms with Crippen molar-refractivity contribution in [3.8, 4) is 0 Å². The Labute approximate surface area is 53.3 Å². The van der Waals surface area contributed by atoms with Gasteiger partial charge in [0.25, 0.3) is 0 Å². The Morgan fingerprint density at radius 2 is 1.88 bits per heavy atom. The summed E-state index contributed by atoms with van der Waals surface area (Å²) in [5, 5.41) is 0. The lowest BCUT2D eigenvalue weighted by molar-refractivity contribution is 0.376. The summed E-state index contributed by atoms with van der Waals surface area (Å²) in [6, 6.07) is 0. The van der Waals surface area contributed by atoms with Gasteiger partial charge in [-0.1, -0.05) is 20.8 Å². The van der Waals surface area contributed by atoms with Crippen molar-refractivity contribution in [1.82, 2.24) is 0 Å². The molecule has 0 fully saturated rings. The van der Waals surface area contributed by atoms with Crippen LogP contribution in [-0.4, -0.2) is 0 Å². The van der Waals surface area contributed by atoms with Crippen molar-refractivity contribution in [2.24, 2.45) is 11.8 Å². The number of hydrogen-bond acceptors (Lipinski definition) is 0. The topological polar surface area (TPSA) is 0 Å². The minimum absolute atomic E-state index is 0.817. The molecule has 48 valence electrons. The van der Waals surface area contributed by atoms with Gasteiger partial charge in [0, 0.05) is 5.92 Å². The van der Waals surface area contributed by atoms with Crippen LogP contribution in [0.2, 0.25) is 0 Å². The fourth-order valence-corrected chi connectivity index (χ4v) is 1.01. The normalized spacial score (nSPS) is 14.5. The first kappa shape index (κ1) is 7.87. The second-order valence-electron chi connectivity index (χ2n) is 2.70. The fourth-order valence-electron chi connectivity index (χ4n) is 1.01. The van der Waals surface area contributed by atoms with Gasteiger partial charge in [0.1, 0.15) is 0 Å². The van der Waals surface area contributed by atoms with Crippen molar-refractivity contribution < 1.29 is 0 Å². The maximum Gasteiger partial charge on any atom is 0.0881 e. The molecule has 1 unspecified atom stereocenters. The predicted molar refractivity (Wildman–Crippen MR) is 38.6 cm³/mol. The summed E-state index contributed by atoms with van der Waals surface area (Å²) in [4.78, 5) is 0. The van der Waals surface area contributed by atoms with E-state index in [0.29, 0.717) is 0 Å². The molecule has 0 bridgehead atoms. The van der Waals surface area contributed by atoms with Gasteiger partial charge >= 0.3 is 0 Å². The molecule has 0 nitrogen and oxygen atoms in total. The van der Waals surface area contributed by atoms with Crippen LogP contribution in [0.15, 0.2) is 0 Å². The lowest BCUT2D eigenvalue weighted by atomic mass is 9.91. The zero-order chi connectivity index (χ0) is 6.57. The van der Waals surface area contributed by atoms with Gasteiger partial charge in [-0.2, -0.15) is 0 Å². The largest absolute Gasteiger partial charge is 0.0881 e. The molecule has 0 N–H and O–H groups in total. The van der Waals surface area contributed by atoms with E-state index in [2.05, 4.69) is 27.7 Å². The lowest BCUT2D eigenvalue weighted by Crippen LogP contribution is -2.04. The Morgan fingerprint density at radius 1 is 1.38 bits per heavy atom. The van der Waals surface area contributed by atoms with Crippen LogP contribution in [0.5, 0.6) is 0 Å². The molecule has 0 saturated carbocycles. The summed E-state index contributed by atoms with van der Waals surface area (Å²) in [7, 11) is 0. The van der Waals surface area contributed by atoms with E-state index in [1.165, 1.54) is 6.42 Å². The van der Waals surface area contributed by atoms with Crippen molar-refractivity contribution >= 4 is 0 Å². The Bertz CT molecular complexity index is 42.0. The first-order valence-electron chi connectivity index (χ1n) is 3.51. The second kappa shape index (κ2) is 3.82. The molecule has 1 atom stereocenters. The molecular weight excluding hydrogens is 96.1 g/mol. The molecule has 0 heteroatoms. The summed E-state index contributed by atoms with van der Waals surface area (Å²) >= 11 is 0. The van der Waals surface area contributed by atoms with Crippen LogP contribution in [0.25, 0.3) is 0 Å². The SMILES string of the molecule is [CH2+]CC(CC)C(C)C. The molecule has 0 aliphatic heterocycles. The fraction of sp³-hybridized carbons (Fsp3) is 0.875. The Balaban J connectivity index is 3.35. The Kier molecular flexibility index (Phi) is 3.76. The summed E-state index contributed by atoms with van der Waals surface area (Å²) in [6.45, 7) is 10.6. The molecule has 0 aromatic heterocycles. The van der Waals surface area contributed by atoms with E-state index in [-0.39, 0.29) is 0 Å². The molecule has 0 rings (SSSR count). The van der Waals surface area contributed by atoms with Crippen molar-refractivity contribution in [1.29, 1.82) is 0 Å². The van der Waals surface area contributed by atoms with Crippen molar-refractivity contribution in [2.45, 2.75) is 33.6 Å². The smallest absolute Gasteiger partial charge is 0.0649 e. The van der Waals surface area contributed by atoms with Gasteiger partial charge in [-0.25, -0.2) is 0 Å². The molecular formula is C8H17+. The lowest BCUT2D eigenvalue weighted by Gasteiger charge is -2.11. The molecule has 0 radical (unpaired) electrons.